The molecule has 0 spiro atoms. The summed E-state index contributed by atoms with van der Waals surface area (Å²) in [5.74, 6) is -0.429. The molecule has 14 heavy (non-hydrogen) atoms. The van der Waals surface area contributed by atoms with Crippen molar-refractivity contribution in [1.82, 2.24) is 4.90 Å². The maximum Gasteiger partial charge on any atom is 0.244 e. The number of carbonyl (C=O) groups excluding carboxylic acids is 1. The lowest BCUT2D eigenvalue weighted by Gasteiger charge is -2.18. The van der Waals surface area contributed by atoms with E-state index in [9.17, 15) is 4.79 Å². The third-order valence-electron chi connectivity index (χ3n) is 1.85. The van der Waals surface area contributed by atoms with Gasteiger partial charge < -0.3 is 5.73 Å². The average molecular weight is 194 g/mol. The molecule has 0 aliphatic rings. The maximum absolute atomic E-state index is 10.7. The van der Waals surface area contributed by atoms with Crippen LogP contribution in [0.1, 0.15) is 6.42 Å². The van der Waals surface area contributed by atoms with Gasteiger partial charge in [0.2, 0.25) is 5.91 Å². The fraction of sp³-hybridized carbons (Fsp3) is 0.364. The molecule has 0 aromatic heterocycles. The Morgan fingerprint density at radius 2 is 1.79 bits per heavy atom. The van der Waals surface area contributed by atoms with Crippen LogP contribution in [0, 0.1) is 0 Å². The Bertz CT molecular complexity index is 223. The van der Waals surface area contributed by atoms with Crippen molar-refractivity contribution in [2.24, 2.45) is 5.73 Å². The van der Waals surface area contributed by atoms with Crippen molar-refractivity contribution in [2.75, 3.05) is 19.6 Å². The second kappa shape index (κ2) is 7.09. The molecule has 0 unspecified atom stereocenters. The number of primary amides is 1. The van der Waals surface area contributed by atoms with Crippen LogP contribution in [0.4, 0.5) is 0 Å². The lowest BCUT2D eigenvalue weighted by molar-refractivity contribution is -0.114. The predicted molar refractivity (Wildman–Crippen MR) is 59.8 cm³/mol. The van der Waals surface area contributed by atoms with Crippen molar-refractivity contribution >= 4 is 5.91 Å². The molecule has 0 aliphatic carbocycles. The van der Waals surface area contributed by atoms with Gasteiger partial charge in [0.05, 0.1) is 0 Å². The number of rotatable bonds is 8. The van der Waals surface area contributed by atoms with Crippen LogP contribution in [-0.2, 0) is 4.79 Å². The van der Waals surface area contributed by atoms with E-state index in [1.807, 2.05) is 12.2 Å². The van der Waals surface area contributed by atoms with E-state index in [2.05, 4.69) is 24.6 Å². The van der Waals surface area contributed by atoms with Crippen molar-refractivity contribution in [3.63, 3.8) is 0 Å². The normalized spacial score (nSPS) is 9.79. The van der Waals surface area contributed by atoms with Gasteiger partial charge in [-0.25, -0.2) is 0 Å². The van der Waals surface area contributed by atoms with Crippen molar-refractivity contribution in [3.8, 4) is 0 Å². The molecule has 0 saturated carbocycles. The zero-order valence-electron chi connectivity index (χ0n) is 8.54. The molecular weight excluding hydrogens is 176 g/mol. The van der Waals surface area contributed by atoms with E-state index in [-0.39, 0.29) is 0 Å². The quantitative estimate of drug-likeness (QED) is 0.464. The van der Waals surface area contributed by atoms with E-state index in [4.69, 9.17) is 5.73 Å². The molecule has 0 aromatic rings. The number of nitrogens with two attached hydrogens (primary N) is 1. The molecule has 0 saturated heterocycles. The lowest BCUT2D eigenvalue weighted by atomic mass is 10.2. The van der Waals surface area contributed by atoms with E-state index in [0.717, 1.165) is 19.6 Å². The van der Waals surface area contributed by atoms with Gasteiger partial charge in [-0.3, -0.25) is 9.69 Å². The zero-order valence-corrected chi connectivity index (χ0v) is 8.54. The number of nitrogens with zero attached hydrogens (tertiary/aromatic N) is 1. The van der Waals surface area contributed by atoms with Crippen LogP contribution >= 0.6 is 0 Å². The summed E-state index contributed by atoms with van der Waals surface area (Å²) in [5, 5.41) is 0. The minimum atomic E-state index is -0.429. The third kappa shape index (κ3) is 5.32. The molecule has 0 heterocycles. The standard InChI is InChI=1S/C11H18N2O/c1-4-7-13(8-5-2)9-6-10(3)11(12)14/h4-5H,1-3,6-9H2,(H2,12,14). The van der Waals surface area contributed by atoms with Crippen molar-refractivity contribution in [3.05, 3.63) is 37.5 Å². The Morgan fingerprint density at radius 3 is 2.14 bits per heavy atom. The van der Waals surface area contributed by atoms with Crippen molar-refractivity contribution < 1.29 is 4.79 Å². The highest BCUT2D eigenvalue weighted by Crippen LogP contribution is 2.00. The van der Waals surface area contributed by atoms with Crippen LogP contribution < -0.4 is 5.73 Å². The molecule has 0 fully saturated rings. The zero-order chi connectivity index (χ0) is 11.0. The van der Waals surface area contributed by atoms with Crippen LogP contribution in [0.5, 0.6) is 0 Å². The second-order valence-corrected chi connectivity index (χ2v) is 3.05. The summed E-state index contributed by atoms with van der Waals surface area (Å²) in [6.07, 6.45) is 4.23. The lowest BCUT2D eigenvalue weighted by Crippen LogP contribution is -2.26. The summed E-state index contributed by atoms with van der Waals surface area (Å²) in [4.78, 5) is 12.8. The first kappa shape index (κ1) is 12.7. The highest BCUT2D eigenvalue weighted by molar-refractivity contribution is 5.91. The SMILES string of the molecule is C=CCN(CC=C)CCC(=C)C(N)=O. The molecule has 0 aliphatic heterocycles. The van der Waals surface area contributed by atoms with Gasteiger partial charge in [0.1, 0.15) is 0 Å². The Hall–Kier alpha value is -1.35. The van der Waals surface area contributed by atoms with Gasteiger partial charge >= 0.3 is 0 Å². The van der Waals surface area contributed by atoms with Gasteiger partial charge in [-0.2, -0.15) is 0 Å². The van der Waals surface area contributed by atoms with Gasteiger partial charge in [0, 0.05) is 25.2 Å². The Balaban J connectivity index is 3.91. The number of hydrogen-bond donors (Lipinski definition) is 1. The third-order valence-corrected chi connectivity index (χ3v) is 1.85. The summed E-state index contributed by atoms with van der Waals surface area (Å²) >= 11 is 0. The Kier molecular flexibility index (Phi) is 6.41. The average Bonchev–Trinajstić information content (AvgIpc) is 2.14. The molecule has 0 bridgehead atoms. The summed E-state index contributed by atoms with van der Waals surface area (Å²) in [6.45, 7) is 13.2. The summed E-state index contributed by atoms with van der Waals surface area (Å²) in [5.41, 5.74) is 5.53. The summed E-state index contributed by atoms with van der Waals surface area (Å²) < 4.78 is 0. The molecule has 78 valence electrons. The summed E-state index contributed by atoms with van der Waals surface area (Å²) in [6, 6.07) is 0. The van der Waals surface area contributed by atoms with Crippen LogP contribution in [-0.4, -0.2) is 30.4 Å². The van der Waals surface area contributed by atoms with E-state index in [1.54, 1.807) is 0 Å². The summed E-state index contributed by atoms with van der Waals surface area (Å²) in [7, 11) is 0. The number of carbonyl (C=O) groups is 1. The minimum Gasteiger partial charge on any atom is -0.366 e. The Morgan fingerprint density at radius 1 is 1.29 bits per heavy atom. The molecule has 0 rings (SSSR count). The molecular formula is C11H18N2O. The second-order valence-electron chi connectivity index (χ2n) is 3.05. The van der Waals surface area contributed by atoms with Gasteiger partial charge in [0.25, 0.3) is 0 Å². The molecule has 3 nitrogen and oxygen atoms in total. The fourth-order valence-electron chi connectivity index (χ4n) is 1.04. The monoisotopic (exact) mass is 194 g/mol. The van der Waals surface area contributed by atoms with E-state index in [0.29, 0.717) is 12.0 Å². The molecule has 3 heteroatoms. The molecule has 0 atom stereocenters. The first-order chi connectivity index (χ1) is 6.61. The highest BCUT2D eigenvalue weighted by Gasteiger charge is 2.05. The Labute approximate surface area is 85.6 Å². The van der Waals surface area contributed by atoms with E-state index in [1.165, 1.54) is 0 Å². The van der Waals surface area contributed by atoms with Gasteiger partial charge in [-0.05, 0) is 6.42 Å². The van der Waals surface area contributed by atoms with E-state index < -0.39 is 5.91 Å². The molecule has 0 aromatic carbocycles. The number of amides is 1. The minimum absolute atomic E-state index is 0.429. The van der Waals surface area contributed by atoms with Crippen molar-refractivity contribution in [1.29, 1.82) is 0 Å². The van der Waals surface area contributed by atoms with Crippen LogP contribution in [0.15, 0.2) is 37.5 Å². The van der Waals surface area contributed by atoms with Crippen LogP contribution in [0.2, 0.25) is 0 Å². The highest BCUT2D eigenvalue weighted by atomic mass is 16.1. The van der Waals surface area contributed by atoms with E-state index >= 15 is 0 Å². The first-order valence-corrected chi connectivity index (χ1v) is 4.53. The van der Waals surface area contributed by atoms with Crippen LogP contribution in [0.25, 0.3) is 0 Å². The maximum atomic E-state index is 10.7. The molecule has 0 radical (unpaired) electrons. The topological polar surface area (TPSA) is 46.3 Å². The largest absolute Gasteiger partial charge is 0.366 e. The van der Waals surface area contributed by atoms with Gasteiger partial charge in [-0.1, -0.05) is 18.7 Å². The molecule has 2 N–H and O–H groups in total. The molecule has 1 amide bonds. The first-order valence-electron chi connectivity index (χ1n) is 4.53. The number of hydrogen-bond acceptors (Lipinski definition) is 2. The predicted octanol–water partition coefficient (Wildman–Crippen LogP) is 1.09. The van der Waals surface area contributed by atoms with Gasteiger partial charge in [0.15, 0.2) is 0 Å². The van der Waals surface area contributed by atoms with Crippen molar-refractivity contribution in [2.45, 2.75) is 6.42 Å². The fourth-order valence-corrected chi connectivity index (χ4v) is 1.04. The van der Waals surface area contributed by atoms with Crippen LogP contribution in [0.3, 0.4) is 0 Å². The van der Waals surface area contributed by atoms with Gasteiger partial charge in [-0.15, -0.1) is 13.2 Å². The smallest absolute Gasteiger partial charge is 0.244 e.